The second-order valence-corrected chi connectivity index (χ2v) is 18.0. The molecule has 0 aliphatic carbocycles. The number of fused-ring (bicyclic) bond motifs is 3. The summed E-state index contributed by atoms with van der Waals surface area (Å²) in [5, 5.41) is 35.3. The zero-order valence-corrected chi connectivity index (χ0v) is 42.3. The third-order valence-electron chi connectivity index (χ3n) is 12.4. The highest BCUT2D eigenvalue weighted by Crippen LogP contribution is 2.57. The summed E-state index contributed by atoms with van der Waals surface area (Å²) in [5.74, 6) is 4.38. The Morgan fingerprint density at radius 1 is 0.364 bits per heavy atom. The Morgan fingerprint density at radius 3 is 0.948 bits per heavy atom. The van der Waals surface area contributed by atoms with Crippen LogP contribution in [-0.4, -0.2) is 109 Å². The molecule has 3 aliphatic heterocycles. The number of nitrogens with one attached hydrogen (secondary N) is 3. The van der Waals surface area contributed by atoms with Gasteiger partial charge < -0.3 is 70.4 Å². The molecule has 0 atom stereocenters. The Morgan fingerprint density at radius 2 is 0.662 bits per heavy atom. The van der Waals surface area contributed by atoms with Crippen molar-refractivity contribution in [1.82, 2.24) is 46.2 Å². The summed E-state index contributed by atoms with van der Waals surface area (Å²) in [6, 6.07) is 24.8. The van der Waals surface area contributed by atoms with Gasteiger partial charge in [0.1, 0.15) is 68.7 Å². The van der Waals surface area contributed by atoms with Gasteiger partial charge in [-0.25, -0.2) is 0 Å². The van der Waals surface area contributed by atoms with E-state index in [1.54, 1.807) is 72.8 Å². The summed E-state index contributed by atoms with van der Waals surface area (Å²) in [6.45, 7) is -0.0213. The highest BCUT2D eigenvalue weighted by atomic mass is 31.2. The van der Waals surface area contributed by atoms with Crippen LogP contribution in [0.5, 0.6) is 86.2 Å². The molecule has 3 aliphatic rings. The molecule has 0 saturated carbocycles. The van der Waals surface area contributed by atoms with Crippen LogP contribution in [0.3, 0.4) is 0 Å². The normalized spacial score (nSPS) is 12.8. The lowest BCUT2D eigenvalue weighted by Crippen LogP contribution is -2.10. The maximum atomic E-state index is 16.5. The van der Waals surface area contributed by atoms with Gasteiger partial charge in [0.05, 0.1) is 42.7 Å². The van der Waals surface area contributed by atoms with Crippen molar-refractivity contribution in [3.63, 3.8) is 0 Å². The number of hydrogen-bond donors (Lipinski definition) is 3. The number of H-pyrrole nitrogens is 3. The van der Waals surface area contributed by atoms with Crippen molar-refractivity contribution in [3.05, 3.63) is 91.0 Å². The molecule has 0 spiro atoms. The van der Waals surface area contributed by atoms with E-state index in [1.165, 1.54) is 60.9 Å². The first-order valence-electron chi connectivity index (χ1n) is 23.1. The van der Waals surface area contributed by atoms with E-state index in [9.17, 15) is 0 Å². The van der Waals surface area contributed by atoms with Gasteiger partial charge in [0, 0.05) is 51.6 Å². The largest absolute Gasteiger partial charge is 0.647 e. The Hall–Kier alpha value is -10.0. The summed E-state index contributed by atoms with van der Waals surface area (Å²) >= 11 is 0. The topological polar surface area (TPSA) is 280 Å². The van der Waals surface area contributed by atoms with E-state index < -0.39 is 7.82 Å². The van der Waals surface area contributed by atoms with Gasteiger partial charge in [-0.05, 0) is 72.8 Å². The predicted octanol–water partition coefficient (Wildman–Crippen LogP) is 8.93. The number of rotatable bonds is 18. The van der Waals surface area contributed by atoms with Crippen molar-refractivity contribution >= 4 is 7.82 Å². The second-order valence-electron chi connectivity index (χ2n) is 16.6. The minimum Gasteiger partial charge on any atom is -0.497 e. The number of phosphoric ester groups is 1. The fraction of sp³-hybridized carbons (Fsp3) is 0.176. The average Bonchev–Trinajstić information content (AvgIpc) is 4.33. The van der Waals surface area contributed by atoms with Crippen molar-refractivity contribution < 1.29 is 75.0 Å². The number of ether oxygens (including phenoxy) is 12. The van der Waals surface area contributed by atoms with Crippen molar-refractivity contribution in [2.45, 2.75) is 0 Å². The van der Waals surface area contributed by atoms with Crippen molar-refractivity contribution in [2.24, 2.45) is 0 Å². The number of aromatic nitrogens is 9. The molecule has 12 rings (SSSR count). The quantitative estimate of drug-likeness (QED) is 0.0676. The molecule has 0 saturated heterocycles. The van der Waals surface area contributed by atoms with Crippen LogP contribution in [0.4, 0.5) is 0 Å². The first-order valence-corrected chi connectivity index (χ1v) is 24.5. The zero-order valence-electron chi connectivity index (χ0n) is 41.4. The first-order chi connectivity index (χ1) is 37.7. The van der Waals surface area contributed by atoms with Gasteiger partial charge in [0.2, 0.25) is 37.6 Å². The van der Waals surface area contributed by atoms with Gasteiger partial charge >= 0.3 is 7.82 Å². The third-order valence-corrected chi connectivity index (χ3v) is 13.7. The Kier molecular flexibility index (Phi) is 12.2. The van der Waals surface area contributed by atoms with Crippen molar-refractivity contribution in [3.8, 4) is 154 Å². The Bertz CT molecular complexity index is 3410. The number of hydrogen-bond acceptors (Lipinski definition) is 22. The minimum absolute atomic E-state index is 0.00710. The van der Waals surface area contributed by atoms with E-state index in [1.807, 2.05) is 0 Å². The summed E-state index contributed by atoms with van der Waals surface area (Å²) < 4.78 is 105. The fourth-order valence-electron chi connectivity index (χ4n) is 8.78. The highest BCUT2D eigenvalue weighted by Gasteiger charge is 2.39. The van der Waals surface area contributed by atoms with E-state index in [4.69, 9.17) is 70.4 Å². The monoisotopic (exact) mass is 1070 g/mol. The molecule has 77 heavy (non-hydrogen) atoms. The van der Waals surface area contributed by atoms with Gasteiger partial charge in [-0.15, -0.1) is 0 Å². The van der Waals surface area contributed by atoms with E-state index in [2.05, 4.69) is 46.2 Å². The molecule has 3 aromatic heterocycles. The van der Waals surface area contributed by atoms with Gasteiger partial charge in [0.15, 0.2) is 34.5 Å². The molecule has 0 amide bonds. The molecule has 0 bridgehead atoms. The maximum Gasteiger partial charge on any atom is 0.647 e. The third kappa shape index (κ3) is 8.72. The van der Waals surface area contributed by atoms with Crippen molar-refractivity contribution in [2.75, 3.05) is 63.0 Å². The van der Waals surface area contributed by atoms with Crippen molar-refractivity contribution in [1.29, 1.82) is 0 Å². The first kappa shape index (κ1) is 47.9. The summed E-state index contributed by atoms with van der Waals surface area (Å²) in [6.07, 6.45) is 0. The van der Waals surface area contributed by atoms with Crippen LogP contribution in [-0.2, 0) is 4.57 Å². The molecular formula is C51H42N9O16P. The SMILES string of the molecule is COc1ccc(-c2n[nH]nc2-c2cc(OC)c3c(c2)OCO3)c(OP(=O)(Oc2cc(OC)ccc2-c2n[nH]nc2-c2cc(OC)c3c(c2)OCO3)Oc2cc(OC)ccc2-c2n[nH]nc2-c2cc(OC)c3c(c2)OCO3)c1. The molecule has 25 nitrogen and oxygen atoms in total. The molecule has 6 aromatic carbocycles. The van der Waals surface area contributed by atoms with Gasteiger partial charge in [0.25, 0.3) is 0 Å². The lowest BCUT2D eigenvalue weighted by Gasteiger charge is -2.23. The van der Waals surface area contributed by atoms with Crippen LogP contribution < -0.4 is 70.4 Å². The lowest BCUT2D eigenvalue weighted by atomic mass is 10.0. The lowest BCUT2D eigenvalue weighted by molar-refractivity contribution is 0.171. The molecule has 9 aromatic rings. The highest BCUT2D eigenvalue weighted by molar-refractivity contribution is 7.49. The summed E-state index contributed by atoms with van der Waals surface area (Å²) in [5.41, 5.74) is 4.11. The molecule has 0 radical (unpaired) electrons. The molecule has 0 unspecified atom stereocenters. The fourth-order valence-corrected chi connectivity index (χ4v) is 10.1. The number of aromatic amines is 3. The van der Waals surface area contributed by atoms with Crippen LogP contribution in [0, 0.1) is 0 Å². The second kappa shape index (κ2) is 19.7. The molecule has 0 fully saturated rings. The maximum absolute atomic E-state index is 16.5. The molecule has 3 N–H and O–H groups in total. The zero-order chi connectivity index (χ0) is 52.8. The van der Waals surface area contributed by atoms with Gasteiger partial charge in [-0.1, -0.05) is 0 Å². The van der Waals surface area contributed by atoms with Crippen LogP contribution in [0.25, 0.3) is 67.5 Å². The number of benzene rings is 6. The molecular weight excluding hydrogens is 1030 g/mol. The minimum atomic E-state index is -5.21. The summed E-state index contributed by atoms with van der Waals surface area (Å²) in [7, 11) is 3.72. The Balaban J connectivity index is 1.02. The number of methoxy groups -OCH3 is 6. The summed E-state index contributed by atoms with van der Waals surface area (Å²) in [4.78, 5) is 0. The number of nitrogens with zero attached hydrogens (tertiary/aromatic N) is 6. The Labute approximate surface area is 435 Å². The average molecular weight is 1070 g/mol. The predicted molar refractivity (Wildman–Crippen MR) is 269 cm³/mol. The van der Waals surface area contributed by atoms with Crippen LogP contribution in [0.1, 0.15) is 0 Å². The number of phosphoric acid groups is 1. The van der Waals surface area contributed by atoms with Crippen LogP contribution >= 0.6 is 7.82 Å². The van der Waals surface area contributed by atoms with Gasteiger partial charge in [-0.3, -0.25) is 0 Å². The standard InChI is InChI=1S/C51H42N9O16P/c1-62-28-7-10-31(46-43(52-58-55-46)25-13-37(65-4)49-40(16-25)68-22-71-49)34(19-28)74-77(61,75-35-20-29(63-2)8-11-32(35)47-44(53-59-56-47)26-14-38(66-5)50-41(17-26)69-23-72-50)76-36-21-30(64-3)9-12-33(36)48-45(54-60-57-48)27-15-39(67-6)51-42(18-27)70-24-73-51/h7-21H,22-24H2,1-6H3,(H,52,55,58)(H,53,56,59)(H,54,57,60). The molecule has 6 heterocycles. The van der Waals surface area contributed by atoms with Gasteiger partial charge in [-0.2, -0.15) is 50.8 Å². The van der Waals surface area contributed by atoms with E-state index in [0.717, 1.165) is 0 Å². The van der Waals surface area contributed by atoms with E-state index in [0.29, 0.717) is 103 Å². The molecule has 26 heteroatoms. The smallest absolute Gasteiger partial charge is 0.497 e. The molecule has 392 valence electrons. The van der Waals surface area contributed by atoms with E-state index >= 15 is 4.57 Å². The van der Waals surface area contributed by atoms with E-state index in [-0.39, 0.29) is 71.4 Å². The van der Waals surface area contributed by atoms with Crippen LogP contribution in [0.2, 0.25) is 0 Å². The van der Waals surface area contributed by atoms with Crippen LogP contribution in [0.15, 0.2) is 91.0 Å².